The summed E-state index contributed by atoms with van der Waals surface area (Å²) >= 11 is 1.95. The minimum absolute atomic E-state index is 1.01. The Hall–Kier alpha value is -0.410. The van der Waals surface area contributed by atoms with E-state index in [-0.39, 0.29) is 0 Å². The fourth-order valence-corrected chi connectivity index (χ4v) is 2.50. The Bertz CT molecular complexity index is 331. The molecule has 0 aromatic carbocycles. The molecule has 0 atom stereocenters. The van der Waals surface area contributed by atoms with Crippen LogP contribution in [-0.2, 0) is 13.6 Å². The maximum absolute atomic E-state index is 3.54. The summed E-state index contributed by atoms with van der Waals surface area (Å²) in [6, 6.07) is 2.29. The molecule has 0 saturated heterocycles. The Morgan fingerprint density at radius 2 is 2.00 bits per heavy atom. The van der Waals surface area contributed by atoms with Gasteiger partial charge in [0.15, 0.2) is 0 Å². The highest BCUT2D eigenvalue weighted by Crippen LogP contribution is 2.12. The molecule has 0 aliphatic carbocycles. The number of nitrogens with zero attached hydrogens (tertiary/aromatic N) is 1. The van der Waals surface area contributed by atoms with Crippen LogP contribution in [0.2, 0.25) is 0 Å². The Morgan fingerprint density at radius 1 is 1.24 bits per heavy atom. The van der Waals surface area contributed by atoms with Crippen LogP contribution in [0.25, 0.3) is 0 Å². The van der Waals surface area contributed by atoms with E-state index in [0.29, 0.717) is 0 Å². The molecular weight excluding hydrogens is 228 g/mol. The summed E-state index contributed by atoms with van der Waals surface area (Å²) in [6.45, 7) is 6.51. The maximum atomic E-state index is 3.54. The van der Waals surface area contributed by atoms with Gasteiger partial charge in [-0.2, -0.15) is 11.8 Å². The average molecular weight is 254 g/mol. The minimum atomic E-state index is 1.01. The zero-order valence-corrected chi connectivity index (χ0v) is 12.5. The molecule has 1 aromatic heterocycles. The van der Waals surface area contributed by atoms with Crippen LogP contribution in [0, 0.1) is 13.8 Å². The fraction of sp³-hybridized carbons (Fsp3) is 0.714. The van der Waals surface area contributed by atoms with Crippen molar-refractivity contribution in [3.8, 4) is 0 Å². The fourth-order valence-electron chi connectivity index (χ4n) is 2.01. The van der Waals surface area contributed by atoms with Gasteiger partial charge in [0.1, 0.15) is 0 Å². The van der Waals surface area contributed by atoms with Gasteiger partial charge in [-0.3, -0.25) is 0 Å². The lowest BCUT2D eigenvalue weighted by molar-refractivity contribution is 0.616. The van der Waals surface area contributed by atoms with Gasteiger partial charge in [0.2, 0.25) is 0 Å². The van der Waals surface area contributed by atoms with Crippen LogP contribution in [0.4, 0.5) is 0 Å². The van der Waals surface area contributed by atoms with Crippen molar-refractivity contribution in [2.45, 2.75) is 39.7 Å². The van der Waals surface area contributed by atoms with Crippen LogP contribution in [0.1, 0.15) is 36.2 Å². The number of unbranched alkanes of at least 4 members (excludes halogenated alkanes) is 2. The molecule has 1 heterocycles. The first-order valence-corrected chi connectivity index (χ1v) is 7.87. The topological polar surface area (TPSA) is 17.0 Å². The summed E-state index contributed by atoms with van der Waals surface area (Å²) in [4.78, 5) is 0. The molecule has 0 aliphatic heterocycles. The highest BCUT2D eigenvalue weighted by molar-refractivity contribution is 7.98. The third-order valence-electron chi connectivity index (χ3n) is 3.40. The SMILES string of the molecule is CSCCCCCNCc1cc(C)n(C)c1C. The van der Waals surface area contributed by atoms with Crippen LogP contribution < -0.4 is 5.32 Å². The van der Waals surface area contributed by atoms with E-state index in [1.54, 1.807) is 0 Å². The monoisotopic (exact) mass is 254 g/mol. The van der Waals surface area contributed by atoms with Crippen molar-refractivity contribution >= 4 is 11.8 Å². The molecule has 3 heteroatoms. The van der Waals surface area contributed by atoms with Crippen molar-refractivity contribution in [1.82, 2.24) is 9.88 Å². The number of aromatic nitrogens is 1. The van der Waals surface area contributed by atoms with Gasteiger partial charge in [-0.05, 0) is 56.9 Å². The summed E-state index contributed by atoms with van der Waals surface area (Å²) in [5, 5.41) is 3.54. The first kappa shape index (κ1) is 14.7. The number of aryl methyl sites for hydroxylation is 1. The van der Waals surface area contributed by atoms with Gasteiger partial charge < -0.3 is 9.88 Å². The number of thioether (sulfide) groups is 1. The zero-order valence-electron chi connectivity index (χ0n) is 11.7. The Labute approximate surface area is 110 Å². The molecule has 0 unspecified atom stereocenters. The molecule has 1 aromatic rings. The van der Waals surface area contributed by atoms with Crippen molar-refractivity contribution in [3.05, 3.63) is 23.0 Å². The van der Waals surface area contributed by atoms with E-state index in [0.717, 1.165) is 13.1 Å². The lowest BCUT2D eigenvalue weighted by Crippen LogP contribution is -2.15. The second-order valence-electron chi connectivity index (χ2n) is 4.69. The molecule has 0 fully saturated rings. The minimum Gasteiger partial charge on any atom is -0.352 e. The van der Waals surface area contributed by atoms with Crippen molar-refractivity contribution < 1.29 is 0 Å². The Balaban J connectivity index is 2.16. The van der Waals surface area contributed by atoms with Crippen LogP contribution in [-0.4, -0.2) is 23.1 Å². The van der Waals surface area contributed by atoms with Crippen molar-refractivity contribution in [3.63, 3.8) is 0 Å². The number of hydrogen-bond donors (Lipinski definition) is 1. The van der Waals surface area contributed by atoms with Crippen LogP contribution >= 0.6 is 11.8 Å². The first-order valence-electron chi connectivity index (χ1n) is 6.48. The molecular formula is C14H26N2S. The van der Waals surface area contributed by atoms with E-state index in [1.807, 2.05) is 11.8 Å². The van der Waals surface area contributed by atoms with Crippen LogP contribution in [0.3, 0.4) is 0 Å². The molecule has 0 aliphatic rings. The molecule has 1 N–H and O–H groups in total. The summed E-state index contributed by atoms with van der Waals surface area (Å²) in [5.74, 6) is 1.30. The van der Waals surface area contributed by atoms with Gasteiger partial charge in [-0.25, -0.2) is 0 Å². The highest BCUT2D eigenvalue weighted by atomic mass is 32.2. The average Bonchev–Trinajstić information content (AvgIpc) is 2.56. The summed E-state index contributed by atoms with van der Waals surface area (Å²) in [7, 11) is 2.14. The second-order valence-corrected chi connectivity index (χ2v) is 5.67. The molecule has 0 saturated carbocycles. The van der Waals surface area contributed by atoms with E-state index < -0.39 is 0 Å². The summed E-state index contributed by atoms with van der Waals surface area (Å²) in [5.41, 5.74) is 4.17. The third kappa shape index (κ3) is 4.76. The number of hydrogen-bond acceptors (Lipinski definition) is 2. The zero-order chi connectivity index (χ0) is 12.7. The third-order valence-corrected chi connectivity index (χ3v) is 4.09. The summed E-state index contributed by atoms with van der Waals surface area (Å²) < 4.78 is 2.26. The van der Waals surface area contributed by atoms with Gasteiger partial charge in [-0.15, -0.1) is 0 Å². The van der Waals surface area contributed by atoms with E-state index >= 15 is 0 Å². The smallest absolute Gasteiger partial charge is 0.0223 e. The quantitative estimate of drug-likeness (QED) is 0.717. The molecule has 17 heavy (non-hydrogen) atoms. The number of nitrogens with one attached hydrogen (secondary N) is 1. The lowest BCUT2D eigenvalue weighted by Gasteiger charge is -2.05. The van der Waals surface area contributed by atoms with Crippen LogP contribution in [0.5, 0.6) is 0 Å². The van der Waals surface area contributed by atoms with Gasteiger partial charge >= 0.3 is 0 Å². The van der Waals surface area contributed by atoms with E-state index in [4.69, 9.17) is 0 Å². The predicted octanol–water partition coefficient (Wildman–Crippen LogP) is 3.26. The van der Waals surface area contributed by atoms with Gasteiger partial charge in [0.05, 0.1) is 0 Å². The highest BCUT2D eigenvalue weighted by Gasteiger charge is 2.04. The van der Waals surface area contributed by atoms with Gasteiger partial charge in [0.25, 0.3) is 0 Å². The normalized spacial score (nSPS) is 11.1. The molecule has 0 radical (unpaired) electrons. The van der Waals surface area contributed by atoms with Gasteiger partial charge in [-0.1, -0.05) is 6.42 Å². The van der Waals surface area contributed by atoms with Crippen LogP contribution in [0.15, 0.2) is 6.07 Å². The molecule has 0 bridgehead atoms. The van der Waals surface area contributed by atoms with E-state index in [9.17, 15) is 0 Å². The lowest BCUT2D eigenvalue weighted by atomic mass is 10.2. The Morgan fingerprint density at radius 3 is 2.59 bits per heavy atom. The largest absolute Gasteiger partial charge is 0.352 e. The molecule has 1 rings (SSSR count). The van der Waals surface area contributed by atoms with Crippen molar-refractivity contribution in [2.24, 2.45) is 7.05 Å². The molecule has 0 spiro atoms. The standard InChI is InChI=1S/C14H26N2S/c1-12-10-14(13(2)16(12)3)11-15-8-6-5-7-9-17-4/h10,15H,5-9,11H2,1-4H3. The Kier molecular flexibility index (Phi) is 6.75. The first-order chi connectivity index (χ1) is 8.16. The van der Waals surface area contributed by atoms with Crippen molar-refractivity contribution in [1.29, 1.82) is 0 Å². The summed E-state index contributed by atoms with van der Waals surface area (Å²) in [6.07, 6.45) is 6.18. The second kappa shape index (κ2) is 7.83. The predicted molar refractivity (Wildman–Crippen MR) is 78.8 cm³/mol. The molecule has 98 valence electrons. The molecule has 2 nitrogen and oxygen atoms in total. The maximum Gasteiger partial charge on any atom is 0.0223 e. The van der Waals surface area contributed by atoms with Crippen molar-refractivity contribution in [2.75, 3.05) is 18.6 Å². The number of rotatable bonds is 8. The van der Waals surface area contributed by atoms with E-state index in [1.165, 1.54) is 42.0 Å². The van der Waals surface area contributed by atoms with E-state index in [2.05, 4.69) is 43.1 Å². The van der Waals surface area contributed by atoms with Gasteiger partial charge in [0, 0.05) is 25.0 Å². The molecule has 0 amide bonds.